The molecule has 0 bridgehead atoms. The highest BCUT2D eigenvalue weighted by Crippen LogP contribution is 2.48. The van der Waals surface area contributed by atoms with Crippen LogP contribution in [0.2, 0.25) is 0 Å². The number of hydrogen-bond donors (Lipinski definition) is 0. The van der Waals surface area contributed by atoms with E-state index in [2.05, 4.69) is 40.2 Å². The summed E-state index contributed by atoms with van der Waals surface area (Å²) < 4.78 is 1.08. The molecule has 0 spiro atoms. The average Bonchev–Trinajstić information content (AvgIpc) is 3.34. The molecule has 1 aliphatic rings. The summed E-state index contributed by atoms with van der Waals surface area (Å²) in [5.41, 5.74) is 2.56. The fourth-order valence-electron chi connectivity index (χ4n) is 2.88. The minimum atomic E-state index is 0.168. The lowest BCUT2D eigenvalue weighted by Gasteiger charge is -2.17. The Kier molecular flexibility index (Phi) is 4.63. The summed E-state index contributed by atoms with van der Waals surface area (Å²) in [6.45, 7) is 0.784. The molecule has 0 saturated heterocycles. The van der Waals surface area contributed by atoms with Crippen LogP contribution in [0.25, 0.3) is 0 Å². The Labute approximate surface area is 140 Å². The van der Waals surface area contributed by atoms with Crippen LogP contribution < -0.4 is 0 Å². The molecule has 22 heavy (non-hydrogen) atoms. The molecule has 2 unspecified atom stereocenters. The van der Waals surface area contributed by atoms with Gasteiger partial charge in [-0.3, -0.25) is 4.79 Å². The molecule has 2 aromatic carbocycles. The second-order valence-corrected chi connectivity index (χ2v) is 6.91. The number of rotatable bonds is 5. The molecule has 0 aliphatic heterocycles. The van der Waals surface area contributed by atoms with E-state index in [1.54, 1.807) is 0 Å². The SMILES string of the molecule is CN(CCc1ccccc1)C(=O)C1CC1c1ccc(Br)cc1. The normalized spacial score (nSPS) is 19.7. The highest BCUT2D eigenvalue weighted by Gasteiger charge is 2.44. The van der Waals surface area contributed by atoms with Crippen LogP contribution in [0.4, 0.5) is 0 Å². The summed E-state index contributed by atoms with van der Waals surface area (Å²) in [6, 6.07) is 18.7. The number of carbonyl (C=O) groups excluding carboxylic acids is 1. The number of nitrogens with zero attached hydrogens (tertiary/aromatic N) is 1. The molecule has 0 aromatic heterocycles. The molecule has 2 nitrogen and oxygen atoms in total. The summed E-state index contributed by atoms with van der Waals surface area (Å²) in [5.74, 6) is 0.852. The highest BCUT2D eigenvalue weighted by molar-refractivity contribution is 9.10. The van der Waals surface area contributed by atoms with E-state index in [4.69, 9.17) is 0 Å². The summed E-state index contributed by atoms with van der Waals surface area (Å²) in [4.78, 5) is 14.4. The van der Waals surface area contributed by atoms with E-state index in [-0.39, 0.29) is 11.8 Å². The first-order valence-corrected chi connectivity index (χ1v) is 8.49. The number of hydrogen-bond acceptors (Lipinski definition) is 1. The Morgan fingerprint density at radius 1 is 1.14 bits per heavy atom. The second-order valence-electron chi connectivity index (χ2n) is 6.00. The van der Waals surface area contributed by atoms with Gasteiger partial charge in [-0.05, 0) is 42.0 Å². The number of carbonyl (C=O) groups is 1. The number of benzene rings is 2. The van der Waals surface area contributed by atoms with Crippen molar-refractivity contribution in [3.8, 4) is 0 Å². The molecule has 114 valence electrons. The molecule has 1 fully saturated rings. The summed E-state index contributed by atoms with van der Waals surface area (Å²) in [6.07, 6.45) is 1.90. The van der Waals surface area contributed by atoms with Gasteiger partial charge in [0.1, 0.15) is 0 Å². The van der Waals surface area contributed by atoms with Crippen LogP contribution in [0.1, 0.15) is 23.5 Å². The maximum Gasteiger partial charge on any atom is 0.226 e. The van der Waals surface area contributed by atoms with Gasteiger partial charge in [0.2, 0.25) is 5.91 Å². The summed E-state index contributed by atoms with van der Waals surface area (Å²) >= 11 is 3.45. The molecule has 1 amide bonds. The molecule has 0 heterocycles. The molecule has 0 N–H and O–H groups in total. The largest absolute Gasteiger partial charge is 0.345 e. The van der Waals surface area contributed by atoms with Crippen LogP contribution in [0.3, 0.4) is 0 Å². The van der Waals surface area contributed by atoms with Crippen LogP contribution in [-0.4, -0.2) is 24.4 Å². The standard InChI is InChI=1S/C19H20BrNO/c1-21(12-11-14-5-3-2-4-6-14)19(22)18-13-17(18)15-7-9-16(20)10-8-15/h2-10,17-18H,11-13H2,1H3. The zero-order valence-electron chi connectivity index (χ0n) is 12.7. The molecule has 1 aliphatic carbocycles. The Morgan fingerprint density at radius 3 is 2.50 bits per heavy atom. The Balaban J connectivity index is 1.53. The Bertz CT molecular complexity index is 638. The fourth-order valence-corrected chi connectivity index (χ4v) is 3.15. The predicted molar refractivity (Wildman–Crippen MR) is 92.8 cm³/mol. The van der Waals surface area contributed by atoms with Crippen molar-refractivity contribution in [3.63, 3.8) is 0 Å². The van der Waals surface area contributed by atoms with Gasteiger partial charge in [-0.15, -0.1) is 0 Å². The van der Waals surface area contributed by atoms with E-state index in [1.165, 1.54) is 11.1 Å². The van der Waals surface area contributed by atoms with E-state index in [0.717, 1.165) is 23.9 Å². The molecular formula is C19H20BrNO. The van der Waals surface area contributed by atoms with Gasteiger partial charge in [-0.2, -0.15) is 0 Å². The summed E-state index contributed by atoms with van der Waals surface area (Å²) in [5, 5.41) is 0. The van der Waals surface area contributed by atoms with Gasteiger partial charge in [0, 0.05) is 24.0 Å². The van der Waals surface area contributed by atoms with Gasteiger partial charge in [0.05, 0.1) is 0 Å². The molecule has 3 heteroatoms. The minimum Gasteiger partial charge on any atom is -0.345 e. The zero-order chi connectivity index (χ0) is 15.5. The third-order valence-corrected chi connectivity index (χ3v) is 4.89. The zero-order valence-corrected chi connectivity index (χ0v) is 14.3. The van der Waals surface area contributed by atoms with E-state index < -0.39 is 0 Å². The smallest absolute Gasteiger partial charge is 0.226 e. The first-order valence-electron chi connectivity index (χ1n) is 7.69. The maximum absolute atomic E-state index is 12.5. The van der Waals surface area contributed by atoms with Crippen molar-refractivity contribution in [2.75, 3.05) is 13.6 Å². The van der Waals surface area contributed by atoms with E-state index >= 15 is 0 Å². The van der Waals surface area contributed by atoms with Crippen molar-refractivity contribution in [3.05, 3.63) is 70.2 Å². The van der Waals surface area contributed by atoms with E-state index in [0.29, 0.717) is 5.92 Å². The van der Waals surface area contributed by atoms with Gasteiger partial charge in [0.15, 0.2) is 0 Å². The quantitative estimate of drug-likeness (QED) is 0.782. The van der Waals surface area contributed by atoms with Crippen molar-refractivity contribution in [2.45, 2.75) is 18.8 Å². The third-order valence-electron chi connectivity index (χ3n) is 4.36. The molecule has 2 aromatic rings. The lowest BCUT2D eigenvalue weighted by Crippen LogP contribution is -2.30. The van der Waals surface area contributed by atoms with Crippen LogP contribution in [0, 0.1) is 5.92 Å². The monoisotopic (exact) mass is 357 g/mol. The summed E-state index contributed by atoms with van der Waals surface area (Å²) in [7, 11) is 1.92. The van der Waals surface area contributed by atoms with E-state index in [1.807, 2.05) is 42.3 Å². The Hall–Kier alpha value is -1.61. The first kappa shape index (κ1) is 15.3. The highest BCUT2D eigenvalue weighted by atomic mass is 79.9. The number of likely N-dealkylation sites (N-methyl/N-ethyl adjacent to an activating group) is 1. The molecule has 3 rings (SSSR count). The second kappa shape index (κ2) is 6.66. The van der Waals surface area contributed by atoms with Gasteiger partial charge in [0.25, 0.3) is 0 Å². The molecule has 0 radical (unpaired) electrons. The van der Waals surface area contributed by atoms with Crippen LogP contribution in [0.5, 0.6) is 0 Å². The van der Waals surface area contributed by atoms with Crippen molar-refractivity contribution in [1.82, 2.24) is 4.90 Å². The number of amides is 1. The van der Waals surface area contributed by atoms with Crippen LogP contribution in [-0.2, 0) is 11.2 Å². The first-order chi connectivity index (χ1) is 10.6. The van der Waals surface area contributed by atoms with Crippen molar-refractivity contribution >= 4 is 21.8 Å². The van der Waals surface area contributed by atoms with Crippen molar-refractivity contribution < 1.29 is 4.79 Å². The molecule has 2 atom stereocenters. The van der Waals surface area contributed by atoms with Gasteiger partial charge < -0.3 is 4.90 Å². The lowest BCUT2D eigenvalue weighted by molar-refractivity contribution is -0.131. The maximum atomic E-state index is 12.5. The number of halogens is 1. The predicted octanol–water partition coefficient (Wildman–Crippen LogP) is 4.25. The van der Waals surface area contributed by atoms with Gasteiger partial charge in [-0.25, -0.2) is 0 Å². The van der Waals surface area contributed by atoms with Gasteiger partial charge in [-0.1, -0.05) is 58.4 Å². The Morgan fingerprint density at radius 2 is 1.82 bits per heavy atom. The van der Waals surface area contributed by atoms with Gasteiger partial charge >= 0.3 is 0 Å². The topological polar surface area (TPSA) is 20.3 Å². The molecular weight excluding hydrogens is 338 g/mol. The van der Waals surface area contributed by atoms with Crippen LogP contribution >= 0.6 is 15.9 Å². The fraction of sp³-hybridized carbons (Fsp3) is 0.316. The third kappa shape index (κ3) is 3.58. The van der Waals surface area contributed by atoms with Crippen molar-refractivity contribution in [2.24, 2.45) is 5.92 Å². The minimum absolute atomic E-state index is 0.168. The average molecular weight is 358 g/mol. The van der Waals surface area contributed by atoms with Crippen molar-refractivity contribution in [1.29, 1.82) is 0 Å². The van der Waals surface area contributed by atoms with E-state index in [9.17, 15) is 4.79 Å². The lowest BCUT2D eigenvalue weighted by atomic mass is 10.1. The van der Waals surface area contributed by atoms with Crippen LogP contribution in [0.15, 0.2) is 59.1 Å². The molecule has 1 saturated carbocycles.